The van der Waals surface area contributed by atoms with E-state index in [0.717, 1.165) is 6.20 Å². The third-order valence-corrected chi connectivity index (χ3v) is 3.84. The zero-order valence-electron chi connectivity index (χ0n) is 10.3. The SMILES string of the molecule is Cc1cc(C(NN)c2cnc(C(F)(F)F)s2)ccc1F. The number of nitrogens with two attached hydrogens (primary N) is 1. The summed E-state index contributed by atoms with van der Waals surface area (Å²) in [6.07, 6.45) is -3.36. The van der Waals surface area contributed by atoms with E-state index in [4.69, 9.17) is 5.84 Å². The molecule has 2 rings (SSSR count). The molecule has 0 saturated heterocycles. The van der Waals surface area contributed by atoms with Crippen LogP contribution in [0.4, 0.5) is 17.6 Å². The summed E-state index contributed by atoms with van der Waals surface area (Å²) in [6, 6.07) is 3.59. The van der Waals surface area contributed by atoms with E-state index in [1.54, 1.807) is 6.92 Å². The summed E-state index contributed by atoms with van der Waals surface area (Å²) in [5.74, 6) is 5.01. The predicted molar refractivity (Wildman–Crippen MR) is 67.4 cm³/mol. The molecule has 0 radical (unpaired) electrons. The molecule has 0 spiro atoms. The van der Waals surface area contributed by atoms with E-state index >= 15 is 0 Å². The van der Waals surface area contributed by atoms with Crippen LogP contribution in [0.5, 0.6) is 0 Å². The first kappa shape index (κ1) is 14.9. The van der Waals surface area contributed by atoms with E-state index in [1.807, 2.05) is 0 Å². The molecule has 2 aromatic rings. The van der Waals surface area contributed by atoms with Gasteiger partial charge in [-0.15, -0.1) is 11.3 Å². The van der Waals surface area contributed by atoms with Crippen molar-refractivity contribution in [2.45, 2.75) is 19.1 Å². The summed E-state index contributed by atoms with van der Waals surface area (Å²) in [6.45, 7) is 1.57. The Morgan fingerprint density at radius 1 is 1.35 bits per heavy atom. The van der Waals surface area contributed by atoms with E-state index < -0.39 is 17.2 Å². The molecule has 0 fully saturated rings. The van der Waals surface area contributed by atoms with Crippen molar-refractivity contribution >= 4 is 11.3 Å². The largest absolute Gasteiger partial charge is 0.443 e. The van der Waals surface area contributed by atoms with Gasteiger partial charge in [0.25, 0.3) is 0 Å². The van der Waals surface area contributed by atoms with Gasteiger partial charge in [0.2, 0.25) is 0 Å². The third kappa shape index (κ3) is 2.97. The number of aromatic nitrogens is 1. The topological polar surface area (TPSA) is 50.9 Å². The van der Waals surface area contributed by atoms with Crippen LogP contribution in [0, 0.1) is 12.7 Å². The van der Waals surface area contributed by atoms with Gasteiger partial charge >= 0.3 is 6.18 Å². The van der Waals surface area contributed by atoms with Crippen LogP contribution < -0.4 is 11.3 Å². The number of aryl methyl sites for hydroxylation is 1. The van der Waals surface area contributed by atoms with E-state index in [1.165, 1.54) is 18.2 Å². The number of halogens is 4. The van der Waals surface area contributed by atoms with Crippen molar-refractivity contribution < 1.29 is 17.6 Å². The molecule has 0 saturated carbocycles. The van der Waals surface area contributed by atoms with Crippen LogP contribution in [-0.4, -0.2) is 4.98 Å². The maximum Gasteiger partial charge on any atom is 0.443 e. The number of hydrogen-bond donors (Lipinski definition) is 2. The number of hydrazine groups is 1. The van der Waals surface area contributed by atoms with Crippen molar-refractivity contribution in [3.8, 4) is 0 Å². The van der Waals surface area contributed by atoms with Crippen molar-refractivity contribution in [2.75, 3.05) is 0 Å². The van der Waals surface area contributed by atoms with Gasteiger partial charge in [-0.1, -0.05) is 12.1 Å². The average molecular weight is 305 g/mol. The molecule has 1 heterocycles. The van der Waals surface area contributed by atoms with Gasteiger partial charge in [-0.25, -0.2) is 14.8 Å². The van der Waals surface area contributed by atoms with Crippen molar-refractivity contribution in [2.24, 2.45) is 5.84 Å². The van der Waals surface area contributed by atoms with Crippen LogP contribution in [0.1, 0.15) is 27.1 Å². The van der Waals surface area contributed by atoms with Crippen LogP contribution >= 0.6 is 11.3 Å². The Morgan fingerprint density at radius 2 is 2.05 bits per heavy atom. The molecular formula is C12H11F4N3S. The number of rotatable bonds is 3. The Balaban J connectivity index is 2.37. The molecule has 1 unspecified atom stereocenters. The highest BCUT2D eigenvalue weighted by Crippen LogP contribution is 2.35. The van der Waals surface area contributed by atoms with Gasteiger partial charge in [0.05, 0.1) is 6.04 Å². The number of nitrogens with one attached hydrogen (secondary N) is 1. The number of benzene rings is 1. The molecule has 1 aromatic heterocycles. The molecule has 3 N–H and O–H groups in total. The summed E-state index contributed by atoms with van der Waals surface area (Å²) >= 11 is 0.505. The summed E-state index contributed by atoms with van der Waals surface area (Å²) in [5.41, 5.74) is 3.39. The second-order valence-electron chi connectivity index (χ2n) is 4.17. The Labute approximate surface area is 116 Å². The highest BCUT2D eigenvalue weighted by atomic mass is 32.1. The Bertz CT molecular complexity index is 609. The number of nitrogens with zero attached hydrogens (tertiary/aromatic N) is 1. The highest BCUT2D eigenvalue weighted by molar-refractivity contribution is 7.11. The fourth-order valence-electron chi connectivity index (χ4n) is 1.74. The predicted octanol–water partition coefficient (Wildman–Crippen LogP) is 3.16. The Hall–Kier alpha value is -1.51. The zero-order chi connectivity index (χ0) is 14.9. The maximum atomic E-state index is 13.2. The second kappa shape index (κ2) is 5.47. The van der Waals surface area contributed by atoms with E-state index in [2.05, 4.69) is 10.4 Å². The maximum absolute atomic E-state index is 13.2. The lowest BCUT2D eigenvalue weighted by Gasteiger charge is -2.15. The lowest BCUT2D eigenvalue weighted by Crippen LogP contribution is -2.28. The van der Waals surface area contributed by atoms with E-state index in [-0.39, 0.29) is 5.82 Å². The van der Waals surface area contributed by atoms with Crippen LogP contribution in [0.25, 0.3) is 0 Å². The number of alkyl halides is 3. The third-order valence-electron chi connectivity index (χ3n) is 2.73. The van der Waals surface area contributed by atoms with Crippen LogP contribution in [0.2, 0.25) is 0 Å². The lowest BCUT2D eigenvalue weighted by molar-refractivity contribution is -0.137. The first-order chi connectivity index (χ1) is 9.32. The highest BCUT2D eigenvalue weighted by Gasteiger charge is 2.35. The summed E-state index contributed by atoms with van der Waals surface area (Å²) in [5, 5.41) is -0.938. The van der Waals surface area contributed by atoms with Gasteiger partial charge in [0.1, 0.15) is 5.82 Å². The van der Waals surface area contributed by atoms with Crippen molar-refractivity contribution in [3.05, 3.63) is 51.2 Å². The summed E-state index contributed by atoms with van der Waals surface area (Å²) in [7, 11) is 0. The molecule has 8 heteroatoms. The molecule has 20 heavy (non-hydrogen) atoms. The standard InChI is InChI=1S/C12H11F4N3S/c1-6-4-7(2-3-8(6)13)10(19-17)9-5-18-11(20-9)12(14,15)16/h2-5,10,19H,17H2,1H3. The minimum atomic E-state index is -4.49. The zero-order valence-corrected chi connectivity index (χ0v) is 11.1. The minimum Gasteiger partial charge on any atom is -0.271 e. The normalized spacial score (nSPS) is 13.5. The molecule has 3 nitrogen and oxygen atoms in total. The average Bonchev–Trinajstić information content (AvgIpc) is 2.84. The van der Waals surface area contributed by atoms with Crippen molar-refractivity contribution in [1.29, 1.82) is 0 Å². The quantitative estimate of drug-likeness (QED) is 0.520. The molecule has 108 valence electrons. The monoisotopic (exact) mass is 305 g/mol. The van der Waals surface area contributed by atoms with Crippen LogP contribution in [0.3, 0.4) is 0 Å². The van der Waals surface area contributed by atoms with Crippen molar-refractivity contribution in [1.82, 2.24) is 10.4 Å². The Kier molecular flexibility index (Phi) is 4.07. The first-order valence-electron chi connectivity index (χ1n) is 5.58. The summed E-state index contributed by atoms with van der Waals surface area (Å²) < 4.78 is 50.8. The lowest BCUT2D eigenvalue weighted by atomic mass is 10.0. The molecule has 0 aliphatic heterocycles. The molecule has 1 atom stereocenters. The Morgan fingerprint density at radius 3 is 2.55 bits per heavy atom. The van der Waals surface area contributed by atoms with Gasteiger partial charge in [-0.2, -0.15) is 13.2 Å². The van der Waals surface area contributed by atoms with E-state index in [0.29, 0.717) is 27.3 Å². The fraction of sp³-hybridized carbons (Fsp3) is 0.250. The van der Waals surface area contributed by atoms with Gasteiger partial charge in [0, 0.05) is 11.1 Å². The number of hydrogen-bond acceptors (Lipinski definition) is 4. The first-order valence-corrected chi connectivity index (χ1v) is 6.39. The molecule has 0 aliphatic carbocycles. The molecule has 0 amide bonds. The molecule has 0 bridgehead atoms. The van der Waals surface area contributed by atoms with Crippen molar-refractivity contribution in [3.63, 3.8) is 0 Å². The summed E-state index contributed by atoms with van der Waals surface area (Å²) in [4.78, 5) is 3.66. The molecular weight excluding hydrogens is 294 g/mol. The van der Waals surface area contributed by atoms with Gasteiger partial charge < -0.3 is 0 Å². The van der Waals surface area contributed by atoms with Crippen LogP contribution in [-0.2, 0) is 6.18 Å². The fourth-order valence-corrected chi connectivity index (χ4v) is 2.61. The molecule has 1 aromatic carbocycles. The van der Waals surface area contributed by atoms with E-state index in [9.17, 15) is 17.6 Å². The van der Waals surface area contributed by atoms with Crippen LogP contribution in [0.15, 0.2) is 24.4 Å². The minimum absolute atomic E-state index is 0.311. The van der Waals surface area contributed by atoms with Gasteiger partial charge in [-0.3, -0.25) is 5.84 Å². The number of thiazole rings is 1. The van der Waals surface area contributed by atoms with Gasteiger partial charge in [0.15, 0.2) is 5.01 Å². The second-order valence-corrected chi connectivity index (χ2v) is 5.24. The van der Waals surface area contributed by atoms with Gasteiger partial charge in [-0.05, 0) is 24.1 Å². The molecule has 0 aliphatic rings. The smallest absolute Gasteiger partial charge is 0.271 e.